The molecule has 1 amide bonds. The van der Waals surface area contributed by atoms with Crippen LogP contribution in [0.4, 0.5) is 5.69 Å². The quantitative estimate of drug-likeness (QED) is 0.855. The van der Waals surface area contributed by atoms with Crippen LogP contribution in [-0.2, 0) is 20.4 Å². The number of carbonyl (C=O) groups excluding carboxylic acids is 1. The molecule has 6 heteroatoms. The van der Waals surface area contributed by atoms with Gasteiger partial charge >= 0.3 is 5.97 Å². The topological polar surface area (TPSA) is 83.5 Å². The number of amides is 1. The summed E-state index contributed by atoms with van der Waals surface area (Å²) in [5.41, 5.74) is 0.545. The fourth-order valence-corrected chi connectivity index (χ4v) is 2.31. The van der Waals surface area contributed by atoms with Crippen LogP contribution in [0.1, 0.15) is 6.42 Å². The zero-order valence-electron chi connectivity index (χ0n) is 9.75. The molecule has 1 aromatic rings. The zero-order chi connectivity index (χ0) is 13.3. The largest absolute Gasteiger partial charge is 0.481 e. The van der Waals surface area contributed by atoms with Gasteiger partial charge in [0.25, 0.3) is 0 Å². The molecule has 0 radical (unpaired) electrons. The highest BCUT2D eigenvalue weighted by Gasteiger charge is 2.48. The van der Waals surface area contributed by atoms with Gasteiger partial charge in [0, 0.05) is 27.6 Å². The van der Waals surface area contributed by atoms with Crippen molar-refractivity contribution < 1.29 is 18.9 Å². The molecule has 96 valence electrons. The van der Waals surface area contributed by atoms with Crippen LogP contribution in [-0.4, -0.2) is 27.4 Å². The predicted molar refractivity (Wildman–Crippen MR) is 66.6 cm³/mol. The first-order chi connectivity index (χ1) is 8.49. The van der Waals surface area contributed by atoms with Crippen molar-refractivity contribution in [3.63, 3.8) is 0 Å². The number of nitrogens with one attached hydrogen (secondary N) is 1. The molecule has 0 aliphatic heterocycles. The molecular formula is C12H13NO4S. The zero-order valence-corrected chi connectivity index (χ0v) is 10.6. The van der Waals surface area contributed by atoms with E-state index in [2.05, 4.69) is 5.32 Å². The summed E-state index contributed by atoms with van der Waals surface area (Å²) in [6, 6.07) is 6.73. The standard InChI is InChI=1S/C12H13NO4S/c1-18(17)8-4-2-3-7(5-8)13-11(14)9-6-10(9)12(15)16/h2-5,9-10H,6H2,1H3,(H,13,14)(H,15,16). The Balaban J connectivity index is 2.02. The highest BCUT2D eigenvalue weighted by molar-refractivity contribution is 7.84. The van der Waals surface area contributed by atoms with E-state index in [4.69, 9.17) is 5.11 Å². The lowest BCUT2D eigenvalue weighted by Crippen LogP contribution is -2.16. The molecule has 2 N–H and O–H groups in total. The molecule has 5 nitrogen and oxygen atoms in total. The summed E-state index contributed by atoms with van der Waals surface area (Å²) < 4.78 is 11.3. The van der Waals surface area contributed by atoms with Crippen molar-refractivity contribution in [2.24, 2.45) is 11.8 Å². The Hall–Kier alpha value is -1.69. The van der Waals surface area contributed by atoms with Gasteiger partial charge in [-0.25, -0.2) is 0 Å². The fraction of sp³-hybridized carbons (Fsp3) is 0.333. The maximum atomic E-state index is 11.7. The van der Waals surface area contributed by atoms with Crippen LogP contribution in [0, 0.1) is 11.8 Å². The summed E-state index contributed by atoms with van der Waals surface area (Å²) in [6.07, 6.45) is 1.95. The molecule has 1 aromatic carbocycles. The van der Waals surface area contributed by atoms with E-state index in [0.717, 1.165) is 0 Å². The number of anilines is 1. The molecule has 1 aliphatic carbocycles. The number of carboxylic acid groups (broad SMARTS) is 1. The van der Waals surface area contributed by atoms with E-state index < -0.39 is 28.6 Å². The van der Waals surface area contributed by atoms with E-state index >= 15 is 0 Å². The second kappa shape index (κ2) is 4.89. The molecular weight excluding hydrogens is 254 g/mol. The molecule has 0 heterocycles. The minimum absolute atomic E-state index is 0.290. The van der Waals surface area contributed by atoms with E-state index in [0.29, 0.717) is 17.0 Å². The number of aliphatic carboxylic acids is 1. The SMILES string of the molecule is CS(=O)c1cccc(NC(=O)C2CC2C(=O)O)c1. The van der Waals surface area contributed by atoms with E-state index in [1.54, 1.807) is 30.5 Å². The van der Waals surface area contributed by atoms with Gasteiger partial charge in [0.1, 0.15) is 0 Å². The van der Waals surface area contributed by atoms with Gasteiger partial charge in [0.05, 0.1) is 11.8 Å². The second-order valence-corrected chi connectivity index (χ2v) is 5.64. The smallest absolute Gasteiger partial charge is 0.307 e. The molecule has 0 spiro atoms. The van der Waals surface area contributed by atoms with Gasteiger partial charge in [-0.15, -0.1) is 0 Å². The molecule has 1 fully saturated rings. The third-order valence-electron chi connectivity index (χ3n) is 2.88. The van der Waals surface area contributed by atoms with Crippen molar-refractivity contribution in [3.8, 4) is 0 Å². The van der Waals surface area contributed by atoms with Gasteiger partial charge < -0.3 is 10.4 Å². The van der Waals surface area contributed by atoms with E-state index in [9.17, 15) is 13.8 Å². The molecule has 0 bridgehead atoms. The first kappa shape index (κ1) is 12.8. The first-order valence-corrected chi connectivity index (χ1v) is 7.02. The number of hydrogen-bond donors (Lipinski definition) is 2. The van der Waals surface area contributed by atoms with Crippen LogP contribution >= 0.6 is 0 Å². The highest BCUT2D eigenvalue weighted by Crippen LogP contribution is 2.39. The summed E-state index contributed by atoms with van der Waals surface area (Å²) in [6.45, 7) is 0. The molecule has 3 unspecified atom stereocenters. The summed E-state index contributed by atoms with van der Waals surface area (Å²) in [5, 5.41) is 11.4. The first-order valence-electron chi connectivity index (χ1n) is 5.46. The van der Waals surface area contributed by atoms with Crippen molar-refractivity contribution in [3.05, 3.63) is 24.3 Å². The third kappa shape index (κ3) is 2.76. The van der Waals surface area contributed by atoms with Gasteiger partial charge in [0.15, 0.2) is 0 Å². The van der Waals surface area contributed by atoms with Crippen LogP contribution in [0.3, 0.4) is 0 Å². The van der Waals surface area contributed by atoms with Crippen LogP contribution < -0.4 is 5.32 Å². The van der Waals surface area contributed by atoms with Crippen LogP contribution in [0.15, 0.2) is 29.2 Å². The van der Waals surface area contributed by atoms with Crippen molar-refractivity contribution in [2.45, 2.75) is 11.3 Å². The molecule has 18 heavy (non-hydrogen) atoms. The summed E-state index contributed by atoms with van der Waals surface area (Å²) >= 11 is 0. The summed E-state index contributed by atoms with van der Waals surface area (Å²) in [5.74, 6) is -2.23. The van der Waals surface area contributed by atoms with E-state index in [1.165, 1.54) is 0 Å². The Morgan fingerprint density at radius 2 is 2.11 bits per heavy atom. The lowest BCUT2D eigenvalue weighted by Gasteiger charge is -2.05. The van der Waals surface area contributed by atoms with Gasteiger partial charge in [-0.3, -0.25) is 13.8 Å². The average molecular weight is 267 g/mol. The second-order valence-electron chi connectivity index (χ2n) is 4.26. The van der Waals surface area contributed by atoms with Crippen LogP contribution in [0.5, 0.6) is 0 Å². The van der Waals surface area contributed by atoms with Gasteiger partial charge in [0.2, 0.25) is 5.91 Å². The summed E-state index contributed by atoms with van der Waals surface area (Å²) in [4.78, 5) is 23.0. The lowest BCUT2D eigenvalue weighted by molar-refractivity contribution is -0.139. The molecule has 0 saturated heterocycles. The van der Waals surface area contributed by atoms with E-state index in [-0.39, 0.29) is 5.91 Å². The third-order valence-corrected chi connectivity index (χ3v) is 3.80. The Kier molecular flexibility index (Phi) is 3.47. The van der Waals surface area contributed by atoms with Crippen LogP contribution in [0.2, 0.25) is 0 Å². The number of hydrogen-bond acceptors (Lipinski definition) is 3. The van der Waals surface area contributed by atoms with E-state index in [1.807, 2.05) is 0 Å². The highest BCUT2D eigenvalue weighted by atomic mass is 32.2. The Labute approximate surface area is 107 Å². The minimum Gasteiger partial charge on any atom is -0.481 e. The fourth-order valence-electron chi connectivity index (χ4n) is 1.75. The maximum Gasteiger partial charge on any atom is 0.307 e. The number of benzene rings is 1. The molecule has 1 aliphatic rings. The average Bonchev–Trinajstić information content (AvgIpc) is 3.09. The monoisotopic (exact) mass is 267 g/mol. The number of carbonyl (C=O) groups is 2. The Morgan fingerprint density at radius 1 is 1.39 bits per heavy atom. The van der Waals surface area contributed by atoms with Gasteiger partial charge in [-0.1, -0.05) is 6.07 Å². The van der Waals surface area contributed by atoms with Crippen LogP contribution in [0.25, 0.3) is 0 Å². The molecule has 1 saturated carbocycles. The maximum absolute atomic E-state index is 11.7. The molecule has 3 atom stereocenters. The van der Waals surface area contributed by atoms with Crippen molar-refractivity contribution in [2.75, 3.05) is 11.6 Å². The Bertz CT molecular complexity index is 529. The predicted octanol–water partition coefficient (Wildman–Crippen LogP) is 1.08. The number of rotatable bonds is 4. The Morgan fingerprint density at radius 3 is 2.67 bits per heavy atom. The number of carboxylic acids is 1. The normalized spacial score (nSPS) is 23.2. The minimum atomic E-state index is -1.11. The molecule has 2 rings (SSSR count). The van der Waals surface area contributed by atoms with Crippen molar-refractivity contribution in [1.82, 2.24) is 0 Å². The lowest BCUT2D eigenvalue weighted by atomic mass is 10.2. The van der Waals surface area contributed by atoms with Gasteiger partial charge in [-0.05, 0) is 24.6 Å². The van der Waals surface area contributed by atoms with Crippen molar-refractivity contribution >= 4 is 28.4 Å². The van der Waals surface area contributed by atoms with Crippen molar-refractivity contribution in [1.29, 1.82) is 0 Å². The summed E-state index contributed by atoms with van der Waals surface area (Å²) in [7, 11) is -1.11. The molecule has 0 aromatic heterocycles. The van der Waals surface area contributed by atoms with Gasteiger partial charge in [-0.2, -0.15) is 0 Å².